The molecule has 0 amide bonds. The average molecular weight is 418 g/mol. The summed E-state index contributed by atoms with van der Waals surface area (Å²) in [7, 11) is 0. The van der Waals surface area contributed by atoms with Gasteiger partial charge in [-0.3, -0.25) is 0 Å². The first-order valence-corrected chi connectivity index (χ1v) is 10.8. The van der Waals surface area contributed by atoms with Crippen LogP contribution in [0.15, 0.2) is 49.0 Å². The van der Waals surface area contributed by atoms with Crippen molar-refractivity contribution in [3.8, 4) is 11.4 Å². The number of aromatic nitrogens is 2. The number of nitrogens with zero attached hydrogens (tertiary/aromatic N) is 3. The molecule has 1 N–H and O–H groups in total. The third-order valence-electron chi connectivity index (χ3n) is 7.01. The quantitative estimate of drug-likeness (QED) is 0.610. The van der Waals surface area contributed by atoms with Crippen LogP contribution < -0.4 is 0 Å². The fourth-order valence-corrected chi connectivity index (χ4v) is 5.26. The van der Waals surface area contributed by atoms with Crippen LogP contribution in [0, 0.1) is 32.0 Å². The summed E-state index contributed by atoms with van der Waals surface area (Å²) >= 11 is 0. The molecule has 5 rings (SSSR count). The highest BCUT2D eigenvalue weighted by Crippen LogP contribution is 2.57. The van der Waals surface area contributed by atoms with Gasteiger partial charge in [0.2, 0.25) is 0 Å². The van der Waals surface area contributed by atoms with Crippen LogP contribution in [0.5, 0.6) is 5.75 Å². The second-order valence-corrected chi connectivity index (χ2v) is 9.44. The molecule has 0 bridgehead atoms. The van der Waals surface area contributed by atoms with Crippen LogP contribution in [-0.2, 0) is 0 Å². The van der Waals surface area contributed by atoms with E-state index in [2.05, 4.69) is 53.4 Å². The van der Waals surface area contributed by atoms with E-state index < -0.39 is 0 Å². The van der Waals surface area contributed by atoms with Gasteiger partial charge < -0.3 is 10.0 Å². The molecule has 5 heteroatoms. The Bertz CT molecular complexity index is 1180. The molecule has 3 aromatic rings. The number of aromatic hydroxyl groups is 1. The van der Waals surface area contributed by atoms with Crippen molar-refractivity contribution in [2.45, 2.75) is 39.5 Å². The first kappa shape index (κ1) is 19.9. The largest absolute Gasteiger partial charge is 0.508 e. The number of phenols is 1. The second kappa shape index (κ2) is 6.98. The molecule has 0 unspecified atom stereocenters. The summed E-state index contributed by atoms with van der Waals surface area (Å²) in [6, 6.07) is 13.4. The average Bonchev–Trinajstić information content (AvgIpc) is 3.03. The van der Waals surface area contributed by atoms with Gasteiger partial charge in [-0.1, -0.05) is 24.8 Å². The minimum absolute atomic E-state index is 0.108. The first-order chi connectivity index (χ1) is 14.8. The number of rotatable bonds is 4. The number of hydrogen-bond donors (Lipinski definition) is 1. The summed E-state index contributed by atoms with van der Waals surface area (Å²) in [5.74, 6) is 0.262. The Balaban J connectivity index is 1.29. The molecule has 2 heterocycles. The summed E-state index contributed by atoms with van der Waals surface area (Å²) in [6.45, 7) is 11.7. The summed E-state index contributed by atoms with van der Waals surface area (Å²) in [5.41, 5.74) is 6.54. The highest BCUT2D eigenvalue weighted by molar-refractivity contribution is 5.65. The van der Waals surface area contributed by atoms with Crippen LogP contribution in [0.2, 0.25) is 0 Å². The Morgan fingerprint density at radius 2 is 1.81 bits per heavy atom. The van der Waals surface area contributed by atoms with Crippen LogP contribution in [-0.4, -0.2) is 32.9 Å². The van der Waals surface area contributed by atoms with E-state index in [0.29, 0.717) is 22.7 Å². The lowest BCUT2D eigenvalue weighted by Crippen LogP contribution is -2.60. The summed E-state index contributed by atoms with van der Waals surface area (Å²) in [5, 5.41) is 14.7. The molecule has 1 saturated heterocycles. The molecular weight excluding hydrogens is 389 g/mol. The van der Waals surface area contributed by atoms with Gasteiger partial charge in [0.1, 0.15) is 11.6 Å². The number of benzene rings is 2. The van der Waals surface area contributed by atoms with Gasteiger partial charge in [0.25, 0.3) is 0 Å². The van der Waals surface area contributed by atoms with Crippen molar-refractivity contribution in [1.29, 1.82) is 0 Å². The smallest absolute Gasteiger partial charge is 0.133 e. The van der Waals surface area contributed by atoms with Crippen molar-refractivity contribution in [3.63, 3.8) is 0 Å². The molecule has 2 aliphatic rings. The molecule has 2 fully saturated rings. The van der Waals surface area contributed by atoms with Crippen molar-refractivity contribution in [1.82, 2.24) is 14.7 Å². The van der Waals surface area contributed by atoms with Crippen molar-refractivity contribution >= 4 is 5.70 Å². The minimum Gasteiger partial charge on any atom is -0.508 e. The molecule has 160 valence electrons. The fourth-order valence-electron chi connectivity index (χ4n) is 5.26. The van der Waals surface area contributed by atoms with E-state index in [1.54, 1.807) is 6.92 Å². The summed E-state index contributed by atoms with van der Waals surface area (Å²) in [4.78, 5) is 2.13. The molecule has 31 heavy (non-hydrogen) atoms. The van der Waals surface area contributed by atoms with Gasteiger partial charge in [-0.05, 0) is 69.0 Å². The first-order valence-electron chi connectivity index (χ1n) is 10.8. The maximum absolute atomic E-state index is 14.4. The van der Waals surface area contributed by atoms with Crippen LogP contribution in [0.1, 0.15) is 46.8 Å². The Kier molecular flexibility index (Phi) is 4.47. The van der Waals surface area contributed by atoms with Crippen molar-refractivity contribution in [2.75, 3.05) is 13.1 Å². The van der Waals surface area contributed by atoms with E-state index in [-0.39, 0.29) is 17.0 Å². The van der Waals surface area contributed by atoms with Gasteiger partial charge in [-0.15, -0.1) is 0 Å². The van der Waals surface area contributed by atoms with Crippen LogP contribution >= 0.6 is 0 Å². The monoisotopic (exact) mass is 417 g/mol. The number of para-hydroxylation sites is 1. The third kappa shape index (κ3) is 3.23. The van der Waals surface area contributed by atoms with E-state index in [0.717, 1.165) is 37.3 Å². The zero-order valence-corrected chi connectivity index (χ0v) is 18.3. The maximum Gasteiger partial charge on any atom is 0.133 e. The second-order valence-electron chi connectivity index (χ2n) is 9.44. The molecule has 1 saturated carbocycles. The summed E-state index contributed by atoms with van der Waals surface area (Å²) in [6.07, 6.45) is 2.21. The van der Waals surface area contributed by atoms with E-state index >= 15 is 0 Å². The lowest BCUT2D eigenvalue weighted by molar-refractivity contribution is -0.0412. The summed E-state index contributed by atoms with van der Waals surface area (Å²) < 4.78 is 16.5. The van der Waals surface area contributed by atoms with Crippen LogP contribution in [0.3, 0.4) is 0 Å². The van der Waals surface area contributed by atoms with E-state index in [1.807, 2.05) is 6.92 Å². The predicted molar refractivity (Wildman–Crippen MR) is 121 cm³/mol. The van der Waals surface area contributed by atoms with Gasteiger partial charge >= 0.3 is 0 Å². The predicted octanol–water partition coefficient (Wildman–Crippen LogP) is 5.49. The van der Waals surface area contributed by atoms with E-state index in [1.165, 1.54) is 23.4 Å². The molecule has 0 atom stereocenters. The molecule has 1 aliphatic heterocycles. The van der Waals surface area contributed by atoms with Gasteiger partial charge in [0.15, 0.2) is 0 Å². The molecule has 1 aromatic heterocycles. The number of likely N-dealkylation sites (tertiary alicyclic amines) is 1. The van der Waals surface area contributed by atoms with Gasteiger partial charge in [-0.25, -0.2) is 9.07 Å². The maximum atomic E-state index is 14.4. The zero-order chi connectivity index (χ0) is 21.9. The Morgan fingerprint density at radius 3 is 2.52 bits per heavy atom. The number of hydrogen-bond acceptors (Lipinski definition) is 3. The van der Waals surface area contributed by atoms with E-state index in [9.17, 15) is 9.50 Å². The highest BCUT2D eigenvalue weighted by Gasteiger charge is 2.53. The molecule has 0 radical (unpaired) electrons. The SMILES string of the molecule is C=C(c1cc(O)c(C)cc1F)N1CC2(CC(c3cc(C)nn3-c3ccccc3C)C2)C1. The topological polar surface area (TPSA) is 41.3 Å². The van der Waals surface area contributed by atoms with Crippen LogP contribution in [0.4, 0.5) is 4.39 Å². The molecule has 1 spiro atoms. The van der Waals surface area contributed by atoms with Gasteiger partial charge in [-0.2, -0.15) is 5.10 Å². The van der Waals surface area contributed by atoms with Crippen molar-refractivity contribution in [3.05, 3.63) is 82.9 Å². The van der Waals surface area contributed by atoms with Gasteiger partial charge in [0.05, 0.1) is 11.4 Å². The van der Waals surface area contributed by atoms with Crippen molar-refractivity contribution in [2.24, 2.45) is 5.41 Å². The standard InChI is InChI=1S/C26H28FN3O/c1-16-7-5-6-8-23(16)30-24(10-18(3)28-30)20-12-26(13-20)14-29(15-26)19(4)21-11-25(31)17(2)9-22(21)27/h5-11,20,31H,4,12-15H2,1-3H3. The molecule has 4 nitrogen and oxygen atoms in total. The minimum atomic E-state index is -0.328. The molecular formula is C26H28FN3O. The fraction of sp³-hybridized carbons (Fsp3) is 0.346. The normalized spacial score (nSPS) is 17.5. The zero-order valence-electron chi connectivity index (χ0n) is 18.3. The number of halogens is 1. The van der Waals surface area contributed by atoms with Crippen molar-refractivity contribution < 1.29 is 9.50 Å². The van der Waals surface area contributed by atoms with Gasteiger partial charge in [0, 0.05) is 41.4 Å². The molecule has 1 aliphatic carbocycles. The van der Waals surface area contributed by atoms with E-state index in [4.69, 9.17) is 5.10 Å². The Labute approximate surface area is 182 Å². The Hall–Kier alpha value is -3.08. The number of phenolic OH excluding ortho intramolecular Hbond substituents is 1. The number of aryl methyl sites for hydroxylation is 3. The Morgan fingerprint density at radius 1 is 1.10 bits per heavy atom. The lowest BCUT2D eigenvalue weighted by Gasteiger charge is -2.60. The highest BCUT2D eigenvalue weighted by atomic mass is 19.1. The lowest BCUT2D eigenvalue weighted by atomic mass is 9.56. The molecule has 2 aromatic carbocycles. The third-order valence-corrected chi connectivity index (χ3v) is 7.01. The van der Waals surface area contributed by atoms with Crippen LogP contribution in [0.25, 0.3) is 11.4 Å².